The van der Waals surface area contributed by atoms with Gasteiger partial charge in [0.05, 0.1) is 12.1 Å². The Morgan fingerprint density at radius 2 is 1.72 bits per heavy atom. The average molecular weight is 386 g/mol. The summed E-state index contributed by atoms with van der Waals surface area (Å²) in [6, 6.07) is 11.6. The molecule has 0 amide bonds. The number of rotatable bonds is 4. The van der Waals surface area contributed by atoms with Crippen molar-refractivity contribution in [2.45, 2.75) is 12.7 Å². The SMILES string of the molecule is O=c1nc(Nc2ccc(C(F)(F)F)cc2)sn1Cc1ccc(Cl)cc1. The molecule has 2 aromatic carbocycles. The third-order valence-electron chi connectivity index (χ3n) is 3.31. The molecule has 0 bridgehead atoms. The van der Waals surface area contributed by atoms with Gasteiger partial charge in [0.2, 0.25) is 5.13 Å². The van der Waals surface area contributed by atoms with E-state index in [2.05, 4.69) is 10.3 Å². The molecule has 0 saturated carbocycles. The highest BCUT2D eigenvalue weighted by Gasteiger charge is 2.29. The molecule has 0 radical (unpaired) electrons. The van der Waals surface area contributed by atoms with Gasteiger partial charge in [-0.05, 0) is 53.5 Å². The van der Waals surface area contributed by atoms with E-state index in [-0.39, 0.29) is 0 Å². The van der Waals surface area contributed by atoms with Crippen LogP contribution in [0.3, 0.4) is 0 Å². The van der Waals surface area contributed by atoms with Crippen molar-refractivity contribution >= 4 is 34.0 Å². The van der Waals surface area contributed by atoms with Crippen LogP contribution in [0.25, 0.3) is 0 Å². The van der Waals surface area contributed by atoms with Crippen LogP contribution in [-0.4, -0.2) is 8.94 Å². The second-order valence-corrected chi connectivity index (χ2v) is 6.60. The maximum absolute atomic E-state index is 12.6. The van der Waals surface area contributed by atoms with E-state index in [1.165, 1.54) is 16.1 Å². The molecule has 0 atom stereocenters. The van der Waals surface area contributed by atoms with E-state index in [4.69, 9.17) is 11.6 Å². The van der Waals surface area contributed by atoms with Crippen molar-refractivity contribution < 1.29 is 13.2 Å². The maximum atomic E-state index is 12.6. The molecule has 3 rings (SSSR count). The van der Waals surface area contributed by atoms with Crippen molar-refractivity contribution in [3.8, 4) is 0 Å². The van der Waals surface area contributed by atoms with Crippen LogP contribution in [0, 0.1) is 0 Å². The summed E-state index contributed by atoms with van der Waals surface area (Å²) in [6.45, 7) is 0.336. The lowest BCUT2D eigenvalue weighted by atomic mass is 10.2. The number of benzene rings is 2. The number of hydrogen-bond donors (Lipinski definition) is 1. The van der Waals surface area contributed by atoms with Crippen LogP contribution in [0.4, 0.5) is 24.0 Å². The molecule has 0 unspecified atom stereocenters. The molecule has 0 aliphatic heterocycles. The first-order valence-corrected chi connectivity index (χ1v) is 8.23. The van der Waals surface area contributed by atoms with E-state index in [1.54, 1.807) is 24.3 Å². The molecular formula is C16H11ClF3N3OS. The Morgan fingerprint density at radius 1 is 1.08 bits per heavy atom. The van der Waals surface area contributed by atoms with Crippen molar-refractivity contribution in [1.29, 1.82) is 0 Å². The monoisotopic (exact) mass is 385 g/mol. The number of aromatic nitrogens is 2. The molecule has 4 nitrogen and oxygen atoms in total. The van der Waals surface area contributed by atoms with Crippen LogP contribution >= 0.6 is 23.1 Å². The number of alkyl halides is 3. The van der Waals surface area contributed by atoms with E-state index in [1.807, 2.05) is 0 Å². The Labute approximate surface area is 149 Å². The van der Waals surface area contributed by atoms with E-state index in [0.717, 1.165) is 29.2 Å². The minimum absolute atomic E-state index is 0.304. The van der Waals surface area contributed by atoms with Gasteiger partial charge in [-0.25, -0.2) is 8.75 Å². The molecule has 130 valence electrons. The van der Waals surface area contributed by atoms with Crippen molar-refractivity contribution in [2.24, 2.45) is 0 Å². The predicted molar refractivity (Wildman–Crippen MR) is 91.7 cm³/mol. The van der Waals surface area contributed by atoms with Crippen molar-refractivity contribution in [3.05, 3.63) is 75.2 Å². The highest BCUT2D eigenvalue weighted by molar-refractivity contribution is 7.10. The molecule has 1 N–H and O–H groups in total. The van der Waals surface area contributed by atoms with Crippen LogP contribution in [0.5, 0.6) is 0 Å². The van der Waals surface area contributed by atoms with Gasteiger partial charge in [-0.2, -0.15) is 18.2 Å². The van der Waals surface area contributed by atoms with Gasteiger partial charge >= 0.3 is 11.9 Å². The van der Waals surface area contributed by atoms with Gasteiger partial charge in [0.25, 0.3) is 0 Å². The Kier molecular flexibility index (Phi) is 4.82. The lowest BCUT2D eigenvalue weighted by Gasteiger charge is -2.07. The van der Waals surface area contributed by atoms with Gasteiger partial charge in [0.15, 0.2) is 0 Å². The molecule has 3 aromatic rings. The Hall–Kier alpha value is -2.32. The molecule has 9 heteroatoms. The molecule has 0 saturated heterocycles. The zero-order valence-corrected chi connectivity index (χ0v) is 14.1. The third kappa shape index (κ3) is 4.40. The number of nitrogens with one attached hydrogen (secondary N) is 1. The molecular weight excluding hydrogens is 375 g/mol. The number of anilines is 2. The van der Waals surface area contributed by atoms with Crippen LogP contribution in [0.2, 0.25) is 5.02 Å². The predicted octanol–water partition coefficient (Wildman–Crippen LogP) is 4.77. The normalized spacial score (nSPS) is 11.5. The fourth-order valence-corrected chi connectivity index (χ4v) is 3.03. The molecule has 0 spiro atoms. The second-order valence-electron chi connectivity index (χ2n) is 5.15. The number of halogens is 4. The largest absolute Gasteiger partial charge is 0.416 e. The second kappa shape index (κ2) is 6.89. The van der Waals surface area contributed by atoms with Crippen molar-refractivity contribution in [1.82, 2.24) is 8.94 Å². The topological polar surface area (TPSA) is 46.9 Å². The van der Waals surface area contributed by atoms with E-state index in [0.29, 0.717) is 22.4 Å². The van der Waals surface area contributed by atoms with E-state index >= 15 is 0 Å². The quantitative estimate of drug-likeness (QED) is 0.703. The zero-order valence-electron chi connectivity index (χ0n) is 12.5. The average Bonchev–Trinajstić information content (AvgIpc) is 2.89. The molecule has 0 fully saturated rings. The summed E-state index contributed by atoms with van der Waals surface area (Å²) in [7, 11) is 0. The molecule has 1 heterocycles. The van der Waals surface area contributed by atoms with Crippen LogP contribution < -0.4 is 11.0 Å². The van der Waals surface area contributed by atoms with Gasteiger partial charge in [-0.3, -0.25) is 0 Å². The highest BCUT2D eigenvalue weighted by Crippen LogP contribution is 2.30. The molecule has 0 aliphatic rings. The number of hydrogen-bond acceptors (Lipinski definition) is 4. The maximum Gasteiger partial charge on any atom is 0.416 e. The third-order valence-corrected chi connectivity index (χ3v) is 4.43. The van der Waals surface area contributed by atoms with Crippen LogP contribution in [0.1, 0.15) is 11.1 Å². The Morgan fingerprint density at radius 3 is 2.32 bits per heavy atom. The van der Waals surface area contributed by atoms with Crippen molar-refractivity contribution in [2.75, 3.05) is 5.32 Å². The summed E-state index contributed by atoms with van der Waals surface area (Å²) in [5, 5.41) is 3.74. The first-order valence-electron chi connectivity index (χ1n) is 7.08. The fraction of sp³-hybridized carbons (Fsp3) is 0.125. The fourth-order valence-electron chi connectivity index (χ4n) is 2.08. The molecule has 25 heavy (non-hydrogen) atoms. The zero-order chi connectivity index (χ0) is 18.0. The van der Waals surface area contributed by atoms with E-state index < -0.39 is 17.4 Å². The lowest BCUT2D eigenvalue weighted by Crippen LogP contribution is -2.15. The first kappa shape index (κ1) is 17.5. The Bertz CT molecular complexity index is 918. The molecule has 0 aliphatic carbocycles. The summed E-state index contributed by atoms with van der Waals surface area (Å²) in [6.07, 6.45) is -4.39. The van der Waals surface area contributed by atoms with Gasteiger partial charge in [0, 0.05) is 10.7 Å². The van der Waals surface area contributed by atoms with Gasteiger partial charge in [-0.15, -0.1) is 0 Å². The van der Waals surface area contributed by atoms with Crippen molar-refractivity contribution in [3.63, 3.8) is 0 Å². The minimum atomic E-state index is -4.39. The lowest BCUT2D eigenvalue weighted by molar-refractivity contribution is -0.137. The first-order chi connectivity index (χ1) is 11.8. The smallest absolute Gasteiger partial charge is 0.330 e. The summed E-state index contributed by atoms with van der Waals surface area (Å²) >= 11 is 6.91. The summed E-state index contributed by atoms with van der Waals surface area (Å²) in [5.41, 5.74) is 0.130. The molecule has 1 aromatic heterocycles. The van der Waals surface area contributed by atoms with Gasteiger partial charge in [-0.1, -0.05) is 23.7 Å². The van der Waals surface area contributed by atoms with Crippen LogP contribution in [0.15, 0.2) is 53.3 Å². The minimum Gasteiger partial charge on any atom is -0.330 e. The number of nitrogens with zero attached hydrogens (tertiary/aromatic N) is 2. The van der Waals surface area contributed by atoms with E-state index in [9.17, 15) is 18.0 Å². The highest BCUT2D eigenvalue weighted by atomic mass is 35.5. The van der Waals surface area contributed by atoms with Gasteiger partial charge in [0.1, 0.15) is 0 Å². The summed E-state index contributed by atoms with van der Waals surface area (Å²) in [4.78, 5) is 15.8. The summed E-state index contributed by atoms with van der Waals surface area (Å²) in [5.74, 6) is 0. The Balaban J connectivity index is 1.74. The van der Waals surface area contributed by atoms with Gasteiger partial charge < -0.3 is 5.32 Å². The summed E-state index contributed by atoms with van der Waals surface area (Å²) < 4.78 is 39.1. The standard InChI is InChI=1S/C16H11ClF3N3OS/c17-12-5-1-10(2-6-12)9-23-15(24)22-14(25-23)21-13-7-3-11(4-8-13)16(18,19)20/h1-8H,9H2,(H,21,22,24). The van der Waals surface area contributed by atoms with Crippen LogP contribution in [-0.2, 0) is 12.7 Å².